The summed E-state index contributed by atoms with van der Waals surface area (Å²) in [6.07, 6.45) is -6.17. The molecule has 0 heterocycles. The van der Waals surface area contributed by atoms with Gasteiger partial charge in [0.05, 0.1) is 10.5 Å². The van der Waals surface area contributed by atoms with E-state index in [1.54, 1.807) is 11.6 Å². The minimum atomic E-state index is -5.06. The van der Waals surface area contributed by atoms with Crippen LogP contribution in [0.25, 0.3) is 0 Å². The van der Waals surface area contributed by atoms with Gasteiger partial charge in [0, 0.05) is 6.61 Å². The molecule has 0 bridgehead atoms. The van der Waals surface area contributed by atoms with Crippen molar-refractivity contribution < 1.29 is 35.5 Å². The van der Waals surface area contributed by atoms with E-state index in [4.69, 9.17) is 4.74 Å². The van der Waals surface area contributed by atoms with Gasteiger partial charge in [0.1, 0.15) is 11.9 Å². The maximum atomic E-state index is 13.1. The third-order valence-electron chi connectivity index (χ3n) is 2.57. The standard InChI is InChI=1S/C12H13F4NO4S/c1-3-21-7(2)11(18)17-22(19,20)8-4-5-10(13)9(6-8)12(14,15)16/h4-7H,3H2,1-2H3,(H,17,18)/t7-/m0/s1. The van der Waals surface area contributed by atoms with Crippen LogP contribution in [0.15, 0.2) is 23.1 Å². The molecule has 10 heteroatoms. The van der Waals surface area contributed by atoms with E-state index in [0.717, 1.165) is 0 Å². The summed E-state index contributed by atoms with van der Waals surface area (Å²) in [5.41, 5.74) is -1.74. The molecule has 1 aromatic rings. The number of rotatable bonds is 5. The van der Waals surface area contributed by atoms with Crippen molar-refractivity contribution in [3.63, 3.8) is 0 Å². The Kier molecular flexibility index (Phi) is 5.52. The number of halogens is 4. The van der Waals surface area contributed by atoms with Crippen molar-refractivity contribution in [2.24, 2.45) is 0 Å². The van der Waals surface area contributed by atoms with Gasteiger partial charge in [0.25, 0.3) is 15.9 Å². The smallest absolute Gasteiger partial charge is 0.369 e. The van der Waals surface area contributed by atoms with Crippen LogP contribution in [-0.4, -0.2) is 27.0 Å². The topological polar surface area (TPSA) is 72.5 Å². The molecular weight excluding hydrogens is 330 g/mol. The number of ether oxygens (including phenoxy) is 1. The Bertz CT molecular complexity index is 658. The van der Waals surface area contributed by atoms with Crippen LogP contribution in [-0.2, 0) is 25.7 Å². The summed E-state index contributed by atoms with van der Waals surface area (Å²) in [4.78, 5) is 10.7. The lowest BCUT2D eigenvalue weighted by Crippen LogP contribution is -2.38. The zero-order valence-electron chi connectivity index (χ0n) is 11.6. The molecule has 0 saturated heterocycles. The lowest BCUT2D eigenvalue weighted by atomic mass is 10.2. The first-order valence-corrected chi connectivity index (χ1v) is 7.52. The molecule has 0 fully saturated rings. The first-order valence-electron chi connectivity index (χ1n) is 6.04. The summed E-state index contributed by atoms with van der Waals surface area (Å²) in [6.45, 7) is 3.00. The maximum Gasteiger partial charge on any atom is 0.419 e. The highest BCUT2D eigenvalue weighted by atomic mass is 32.2. The van der Waals surface area contributed by atoms with Gasteiger partial charge < -0.3 is 4.74 Å². The van der Waals surface area contributed by atoms with E-state index < -0.39 is 44.5 Å². The highest BCUT2D eigenvalue weighted by molar-refractivity contribution is 7.90. The first-order chi connectivity index (χ1) is 9.99. The highest BCUT2D eigenvalue weighted by Crippen LogP contribution is 2.32. The van der Waals surface area contributed by atoms with E-state index in [1.807, 2.05) is 0 Å². The van der Waals surface area contributed by atoms with E-state index in [-0.39, 0.29) is 12.7 Å². The second-order valence-corrected chi connectivity index (χ2v) is 5.89. The molecule has 22 heavy (non-hydrogen) atoms. The second kappa shape index (κ2) is 6.61. The van der Waals surface area contributed by atoms with E-state index >= 15 is 0 Å². The number of nitrogens with one attached hydrogen (secondary N) is 1. The molecule has 0 unspecified atom stereocenters. The van der Waals surface area contributed by atoms with Crippen LogP contribution < -0.4 is 4.72 Å². The van der Waals surface area contributed by atoms with Crippen LogP contribution in [0.4, 0.5) is 17.6 Å². The molecule has 124 valence electrons. The molecule has 1 amide bonds. The van der Waals surface area contributed by atoms with Crippen molar-refractivity contribution >= 4 is 15.9 Å². The van der Waals surface area contributed by atoms with Gasteiger partial charge in [-0.15, -0.1) is 0 Å². The first kappa shape index (κ1) is 18.4. The molecule has 1 rings (SSSR count). The molecule has 5 nitrogen and oxygen atoms in total. The Labute approximate surface area is 124 Å². The van der Waals surface area contributed by atoms with Gasteiger partial charge in [0.2, 0.25) is 0 Å². The lowest BCUT2D eigenvalue weighted by Gasteiger charge is -2.14. The molecule has 1 N–H and O–H groups in total. The summed E-state index contributed by atoms with van der Waals surface area (Å²) < 4.78 is 81.0. The number of carbonyl (C=O) groups excluding carboxylic acids is 1. The molecule has 0 aromatic heterocycles. The molecule has 0 radical (unpaired) electrons. The minimum Gasteiger partial charge on any atom is -0.369 e. The Morgan fingerprint density at radius 3 is 2.45 bits per heavy atom. The third kappa shape index (κ3) is 4.41. The van der Waals surface area contributed by atoms with Crippen molar-refractivity contribution in [2.75, 3.05) is 6.61 Å². The second-order valence-electron chi connectivity index (χ2n) is 4.21. The summed E-state index contributed by atoms with van der Waals surface area (Å²) in [6, 6.07) is 1.12. The number of hydrogen-bond acceptors (Lipinski definition) is 4. The predicted molar refractivity (Wildman–Crippen MR) is 67.8 cm³/mol. The number of carbonyl (C=O) groups is 1. The largest absolute Gasteiger partial charge is 0.419 e. The minimum absolute atomic E-state index is 0.121. The zero-order valence-corrected chi connectivity index (χ0v) is 12.4. The van der Waals surface area contributed by atoms with Gasteiger partial charge in [-0.1, -0.05) is 0 Å². The molecule has 0 aliphatic rings. The van der Waals surface area contributed by atoms with Gasteiger partial charge in [0.15, 0.2) is 0 Å². The summed E-state index contributed by atoms with van der Waals surface area (Å²) in [7, 11) is -4.57. The van der Waals surface area contributed by atoms with Crippen molar-refractivity contribution in [3.05, 3.63) is 29.6 Å². The van der Waals surface area contributed by atoms with Gasteiger partial charge >= 0.3 is 6.18 Å². The van der Waals surface area contributed by atoms with Gasteiger partial charge in [-0.3, -0.25) is 4.79 Å². The number of amides is 1. The normalized spacial score (nSPS) is 13.7. The highest BCUT2D eigenvalue weighted by Gasteiger charge is 2.35. The third-order valence-corrected chi connectivity index (χ3v) is 3.92. The van der Waals surface area contributed by atoms with E-state index in [9.17, 15) is 30.8 Å². The Balaban J connectivity index is 3.12. The van der Waals surface area contributed by atoms with Crippen LogP contribution in [0.3, 0.4) is 0 Å². The number of hydrogen-bond donors (Lipinski definition) is 1. The monoisotopic (exact) mass is 343 g/mol. The van der Waals surface area contributed by atoms with E-state index in [2.05, 4.69) is 0 Å². The van der Waals surface area contributed by atoms with Crippen LogP contribution >= 0.6 is 0 Å². The van der Waals surface area contributed by atoms with Crippen molar-refractivity contribution in [1.82, 2.24) is 4.72 Å². The van der Waals surface area contributed by atoms with Crippen molar-refractivity contribution in [3.8, 4) is 0 Å². The molecule has 0 aliphatic heterocycles. The van der Waals surface area contributed by atoms with Crippen LogP contribution in [0.2, 0.25) is 0 Å². The quantitative estimate of drug-likeness (QED) is 0.831. The summed E-state index contributed by atoms with van der Waals surface area (Å²) in [5.74, 6) is -2.65. The molecule has 1 atom stereocenters. The fraction of sp³-hybridized carbons (Fsp3) is 0.417. The van der Waals surface area contributed by atoms with Crippen molar-refractivity contribution in [2.45, 2.75) is 31.0 Å². The SMILES string of the molecule is CCO[C@@H](C)C(=O)NS(=O)(=O)c1ccc(F)c(C(F)(F)F)c1. The van der Waals surface area contributed by atoms with Gasteiger partial charge in [-0.05, 0) is 32.0 Å². The lowest BCUT2D eigenvalue weighted by molar-refractivity contribution is -0.140. The van der Waals surface area contributed by atoms with Crippen LogP contribution in [0.5, 0.6) is 0 Å². The fourth-order valence-corrected chi connectivity index (χ4v) is 2.56. The average molecular weight is 343 g/mol. The summed E-state index contributed by atoms with van der Waals surface area (Å²) >= 11 is 0. The molecule has 0 saturated carbocycles. The van der Waals surface area contributed by atoms with E-state index in [0.29, 0.717) is 12.1 Å². The Hall–Kier alpha value is -1.68. The number of sulfonamides is 1. The number of benzene rings is 1. The Morgan fingerprint density at radius 2 is 1.95 bits per heavy atom. The predicted octanol–water partition coefficient (Wildman–Crippen LogP) is 2.07. The molecule has 0 spiro atoms. The van der Waals surface area contributed by atoms with Crippen LogP contribution in [0.1, 0.15) is 19.4 Å². The van der Waals surface area contributed by atoms with E-state index in [1.165, 1.54) is 6.92 Å². The fourth-order valence-electron chi connectivity index (χ4n) is 1.49. The van der Waals surface area contributed by atoms with Gasteiger partial charge in [-0.2, -0.15) is 13.2 Å². The number of alkyl halides is 3. The van der Waals surface area contributed by atoms with Gasteiger partial charge in [-0.25, -0.2) is 17.5 Å². The van der Waals surface area contributed by atoms with Crippen molar-refractivity contribution in [1.29, 1.82) is 0 Å². The zero-order chi connectivity index (χ0) is 17.1. The molecular formula is C12H13F4NO4S. The molecule has 1 aromatic carbocycles. The summed E-state index contributed by atoms with van der Waals surface area (Å²) in [5, 5.41) is 0. The van der Waals surface area contributed by atoms with Crippen LogP contribution in [0, 0.1) is 5.82 Å². The molecule has 0 aliphatic carbocycles. The Morgan fingerprint density at radius 1 is 1.36 bits per heavy atom. The average Bonchev–Trinajstić information content (AvgIpc) is 2.37. The maximum absolute atomic E-state index is 13.1.